The summed E-state index contributed by atoms with van der Waals surface area (Å²) in [4.78, 5) is 2.44. The summed E-state index contributed by atoms with van der Waals surface area (Å²) in [6.45, 7) is 14.5. The Hall–Kier alpha value is -0.380. The number of hydrogen-bond donors (Lipinski definition) is 1. The van der Waals surface area contributed by atoms with E-state index in [-0.39, 0.29) is 11.0 Å². The standard InChI is InChI=1S/C16H30N2O/c1-5-9-18(10-6-2)12-16(17)13-8-7-11-19-14(13)15(16,3)4/h5,13-14H,1,6-12,17H2,2-4H3. The zero-order chi connectivity index (χ0) is 14.1. The summed E-state index contributed by atoms with van der Waals surface area (Å²) >= 11 is 0. The number of nitrogens with two attached hydrogens (primary N) is 1. The third kappa shape index (κ3) is 2.37. The molecule has 0 aromatic rings. The largest absolute Gasteiger partial charge is 0.377 e. The van der Waals surface area contributed by atoms with Crippen LogP contribution in [0.15, 0.2) is 12.7 Å². The van der Waals surface area contributed by atoms with Crippen LogP contribution >= 0.6 is 0 Å². The molecule has 0 spiro atoms. The highest BCUT2D eigenvalue weighted by molar-refractivity contribution is 5.21. The molecule has 0 bridgehead atoms. The van der Waals surface area contributed by atoms with Crippen molar-refractivity contribution in [2.45, 2.75) is 51.7 Å². The van der Waals surface area contributed by atoms with Crippen molar-refractivity contribution in [3.63, 3.8) is 0 Å². The van der Waals surface area contributed by atoms with E-state index in [1.165, 1.54) is 6.42 Å². The predicted octanol–water partition coefficient (Wildman–Crippen LogP) is 2.42. The summed E-state index contributed by atoms with van der Waals surface area (Å²) in [5.41, 5.74) is 6.80. The molecule has 2 aliphatic rings. The normalized spacial score (nSPS) is 36.7. The predicted molar refractivity (Wildman–Crippen MR) is 80.1 cm³/mol. The lowest BCUT2D eigenvalue weighted by Crippen LogP contribution is -2.80. The van der Waals surface area contributed by atoms with Crippen LogP contribution in [0.5, 0.6) is 0 Å². The summed E-state index contributed by atoms with van der Waals surface area (Å²) in [7, 11) is 0. The molecule has 0 radical (unpaired) electrons. The van der Waals surface area contributed by atoms with Crippen LogP contribution in [0.25, 0.3) is 0 Å². The van der Waals surface area contributed by atoms with Crippen LogP contribution in [0, 0.1) is 11.3 Å². The monoisotopic (exact) mass is 266 g/mol. The topological polar surface area (TPSA) is 38.5 Å². The van der Waals surface area contributed by atoms with E-state index in [1.807, 2.05) is 6.08 Å². The Balaban J connectivity index is 2.09. The van der Waals surface area contributed by atoms with E-state index < -0.39 is 0 Å². The van der Waals surface area contributed by atoms with E-state index >= 15 is 0 Å². The lowest BCUT2D eigenvalue weighted by molar-refractivity contribution is -0.231. The lowest BCUT2D eigenvalue weighted by atomic mass is 9.46. The van der Waals surface area contributed by atoms with Gasteiger partial charge in [-0.1, -0.05) is 26.8 Å². The van der Waals surface area contributed by atoms with Gasteiger partial charge in [0, 0.05) is 36.6 Å². The van der Waals surface area contributed by atoms with Gasteiger partial charge in [-0.15, -0.1) is 6.58 Å². The number of fused-ring (bicyclic) bond motifs is 1. The molecule has 1 saturated heterocycles. The van der Waals surface area contributed by atoms with Crippen molar-refractivity contribution in [3.8, 4) is 0 Å². The smallest absolute Gasteiger partial charge is 0.0690 e. The molecule has 3 unspecified atom stereocenters. The first-order chi connectivity index (χ1) is 8.97. The maximum absolute atomic E-state index is 6.84. The van der Waals surface area contributed by atoms with Crippen LogP contribution in [-0.4, -0.2) is 42.8 Å². The average Bonchev–Trinajstić information content (AvgIpc) is 2.39. The molecule has 0 aromatic carbocycles. The zero-order valence-corrected chi connectivity index (χ0v) is 12.8. The second kappa shape index (κ2) is 5.55. The minimum absolute atomic E-state index is 0.0747. The molecule has 1 aliphatic heterocycles. The summed E-state index contributed by atoms with van der Waals surface area (Å²) in [6.07, 6.45) is 5.89. The fourth-order valence-corrected chi connectivity index (χ4v) is 4.09. The fourth-order valence-electron chi connectivity index (χ4n) is 4.09. The molecule has 2 N–H and O–H groups in total. The van der Waals surface area contributed by atoms with E-state index in [0.29, 0.717) is 12.0 Å². The molecule has 0 amide bonds. The van der Waals surface area contributed by atoms with Gasteiger partial charge in [0.15, 0.2) is 0 Å². The van der Waals surface area contributed by atoms with Gasteiger partial charge in [-0.05, 0) is 25.8 Å². The van der Waals surface area contributed by atoms with Gasteiger partial charge in [0.2, 0.25) is 0 Å². The summed E-state index contributed by atoms with van der Waals surface area (Å²) < 4.78 is 5.97. The number of ether oxygens (including phenoxy) is 1. The third-order valence-corrected chi connectivity index (χ3v) is 5.31. The summed E-state index contributed by atoms with van der Waals surface area (Å²) in [5.74, 6) is 0.528. The fraction of sp³-hybridized carbons (Fsp3) is 0.875. The van der Waals surface area contributed by atoms with Crippen molar-refractivity contribution in [1.29, 1.82) is 0 Å². The minimum Gasteiger partial charge on any atom is -0.377 e. The van der Waals surface area contributed by atoms with Crippen LogP contribution in [0.1, 0.15) is 40.0 Å². The van der Waals surface area contributed by atoms with E-state index in [0.717, 1.165) is 39.1 Å². The molecule has 19 heavy (non-hydrogen) atoms. The van der Waals surface area contributed by atoms with Gasteiger partial charge in [0.05, 0.1) is 6.10 Å². The molecule has 3 heteroatoms. The third-order valence-electron chi connectivity index (χ3n) is 5.31. The molecule has 2 fully saturated rings. The number of rotatable bonds is 6. The van der Waals surface area contributed by atoms with Gasteiger partial charge in [-0.25, -0.2) is 0 Å². The number of hydrogen-bond acceptors (Lipinski definition) is 3. The molecule has 1 aliphatic carbocycles. The Morgan fingerprint density at radius 2 is 2.21 bits per heavy atom. The molecule has 1 saturated carbocycles. The maximum atomic E-state index is 6.84. The molecule has 3 atom stereocenters. The van der Waals surface area contributed by atoms with Gasteiger partial charge in [-0.3, -0.25) is 4.90 Å². The van der Waals surface area contributed by atoms with E-state index in [9.17, 15) is 0 Å². The van der Waals surface area contributed by atoms with Crippen LogP contribution in [0.4, 0.5) is 0 Å². The van der Waals surface area contributed by atoms with E-state index in [4.69, 9.17) is 10.5 Å². The van der Waals surface area contributed by atoms with Gasteiger partial charge >= 0.3 is 0 Å². The van der Waals surface area contributed by atoms with Gasteiger partial charge < -0.3 is 10.5 Å². The van der Waals surface area contributed by atoms with Crippen molar-refractivity contribution >= 4 is 0 Å². The Morgan fingerprint density at radius 3 is 2.84 bits per heavy atom. The Kier molecular flexibility index (Phi) is 4.38. The highest BCUT2D eigenvalue weighted by atomic mass is 16.5. The summed E-state index contributed by atoms with van der Waals surface area (Å²) in [6, 6.07) is 0. The lowest BCUT2D eigenvalue weighted by Gasteiger charge is -2.67. The highest BCUT2D eigenvalue weighted by Gasteiger charge is 2.66. The van der Waals surface area contributed by atoms with E-state index in [2.05, 4.69) is 32.3 Å². The molecule has 0 aromatic heterocycles. The van der Waals surface area contributed by atoms with Crippen molar-refractivity contribution in [2.24, 2.45) is 17.1 Å². The number of nitrogens with zero attached hydrogens (tertiary/aromatic N) is 1. The van der Waals surface area contributed by atoms with Crippen molar-refractivity contribution in [1.82, 2.24) is 4.90 Å². The first-order valence-corrected chi connectivity index (χ1v) is 7.71. The second-order valence-electron chi connectivity index (χ2n) is 6.83. The quantitative estimate of drug-likeness (QED) is 0.750. The van der Waals surface area contributed by atoms with Gasteiger partial charge in [-0.2, -0.15) is 0 Å². The molecular weight excluding hydrogens is 236 g/mol. The SMILES string of the molecule is C=CCN(CCC)CC1(N)C2CCCOC2C1(C)C. The zero-order valence-electron chi connectivity index (χ0n) is 12.8. The van der Waals surface area contributed by atoms with Crippen molar-refractivity contribution < 1.29 is 4.74 Å². The van der Waals surface area contributed by atoms with Crippen LogP contribution in [0.3, 0.4) is 0 Å². The summed E-state index contributed by atoms with van der Waals surface area (Å²) in [5, 5.41) is 0. The Labute approximate surface area is 118 Å². The second-order valence-corrected chi connectivity index (χ2v) is 6.83. The highest BCUT2D eigenvalue weighted by Crippen LogP contribution is 2.57. The minimum atomic E-state index is -0.115. The van der Waals surface area contributed by atoms with E-state index in [1.54, 1.807) is 0 Å². The van der Waals surface area contributed by atoms with Gasteiger partial charge in [0.25, 0.3) is 0 Å². The molecule has 110 valence electrons. The average molecular weight is 266 g/mol. The Bertz CT molecular complexity index is 329. The van der Waals surface area contributed by atoms with Crippen LogP contribution in [0.2, 0.25) is 0 Å². The molecule has 1 heterocycles. The van der Waals surface area contributed by atoms with Gasteiger partial charge in [0.1, 0.15) is 0 Å². The molecular formula is C16H30N2O. The first kappa shape index (κ1) is 15.0. The molecule has 2 rings (SSSR count). The first-order valence-electron chi connectivity index (χ1n) is 7.71. The maximum Gasteiger partial charge on any atom is 0.0690 e. The van der Waals surface area contributed by atoms with Crippen molar-refractivity contribution in [3.05, 3.63) is 12.7 Å². The van der Waals surface area contributed by atoms with Crippen molar-refractivity contribution in [2.75, 3.05) is 26.2 Å². The Morgan fingerprint density at radius 1 is 1.47 bits per heavy atom. The van der Waals surface area contributed by atoms with Crippen LogP contribution < -0.4 is 5.73 Å². The van der Waals surface area contributed by atoms with Crippen LogP contribution in [-0.2, 0) is 4.74 Å². The molecule has 3 nitrogen and oxygen atoms in total.